The molecule has 0 aliphatic heterocycles. The van der Waals surface area contributed by atoms with Crippen LogP contribution in [0.5, 0.6) is 0 Å². The van der Waals surface area contributed by atoms with Crippen molar-refractivity contribution in [3.63, 3.8) is 0 Å². The van der Waals surface area contributed by atoms with E-state index in [0.29, 0.717) is 10.1 Å². The van der Waals surface area contributed by atoms with Gasteiger partial charge in [-0.05, 0) is 12.1 Å². The zero-order valence-electron chi connectivity index (χ0n) is 13.8. The number of aromatic nitrogens is 2. The summed E-state index contributed by atoms with van der Waals surface area (Å²) in [5.74, 6) is 0.0410. The summed E-state index contributed by atoms with van der Waals surface area (Å²) in [6, 6.07) is 2.60. The van der Waals surface area contributed by atoms with Crippen molar-refractivity contribution < 1.29 is 13.2 Å². The summed E-state index contributed by atoms with van der Waals surface area (Å²) in [5.41, 5.74) is 0.0446. The molecule has 0 atom stereocenters. The first-order valence-electron chi connectivity index (χ1n) is 7.11. The van der Waals surface area contributed by atoms with E-state index in [1.807, 2.05) is 0 Å². The van der Waals surface area contributed by atoms with Crippen LogP contribution in [-0.4, -0.2) is 43.1 Å². The average molecular weight is 488 g/mol. The van der Waals surface area contributed by atoms with Gasteiger partial charge >= 0.3 is 0 Å². The van der Waals surface area contributed by atoms with Gasteiger partial charge < -0.3 is 0 Å². The number of nitrogens with one attached hydrogen (secondary N) is 1. The number of benzene rings is 1. The van der Waals surface area contributed by atoms with Gasteiger partial charge in [0, 0.05) is 5.75 Å². The molecule has 7 nitrogen and oxygen atoms in total. The summed E-state index contributed by atoms with van der Waals surface area (Å²) in [7, 11) is -3.83. The van der Waals surface area contributed by atoms with Crippen LogP contribution in [0.25, 0.3) is 0 Å². The first kappa shape index (κ1) is 22.3. The van der Waals surface area contributed by atoms with Crippen LogP contribution in [0.4, 0.5) is 10.8 Å². The number of amides is 1. The number of sulfonamides is 1. The molecule has 1 aromatic heterocycles. The minimum Gasteiger partial charge on any atom is -0.299 e. The molecule has 0 aliphatic carbocycles. The van der Waals surface area contributed by atoms with Crippen molar-refractivity contribution in [1.29, 1.82) is 0 Å². The summed E-state index contributed by atoms with van der Waals surface area (Å²) in [5, 5.41) is 10.8. The number of carbonyl (C=O) groups is 1. The second-order valence-corrected chi connectivity index (χ2v) is 10.4. The molecule has 13 heteroatoms. The lowest BCUT2D eigenvalue weighted by molar-refractivity contribution is -0.114. The molecular formula is C14H13Cl3N4O3S3. The number of nitrogens with zero attached hydrogens (tertiary/aromatic N) is 3. The summed E-state index contributed by atoms with van der Waals surface area (Å²) >= 11 is 20.5. The van der Waals surface area contributed by atoms with Gasteiger partial charge in [0.15, 0.2) is 4.34 Å². The number of halogens is 3. The third-order valence-electron chi connectivity index (χ3n) is 2.92. The van der Waals surface area contributed by atoms with Gasteiger partial charge in [0.1, 0.15) is 6.54 Å². The molecule has 146 valence electrons. The van der Waals surface area contributed by atoms with E-state index in [1.54, 1.807) is 6.08 Å². The molecule has 1 amide bonds. The van der Waals surface area contributed by atoms with Crippen LogP contribution >= 0.6 is 57.9 Å². The van der Waals surface area contributed by atoms with E-state index in [2.05, 4.69) is 22.1 Å². The maximum absolute atomic E-state index is 12.3. The van der Waals surface area contributed by atoms with Crippen LogP contribution < -0.4 is 9.62 Å². The fourth-order valence-electron chi connectivity index (χ4n) is 1.82. The zero-order valence-corrected chi connectivity index (χ0v) is 18.5. The predicted octanol–water partition coefficient (Wildman–Crippen LogP) is 4.18. The average Bonchev–Trinajstić information content (AvgIpc) is 3.00. The lowest BCUT2D eigenvalue weighted by Gasteiger charge is -2.23. The molecule has 0 saturated carbocycles. The topological polar surface area (TPSA) is 92.3 Å². The molecule has 0 saturated heterocycles. The highest BCUT2D eigenvalue weighted by atomic mass is 35.5. The fourth-order valence-corrected chi connectivity index (χ4v) is 4.90. The standard InChI is InChI=1S/C14H13Cl3N4O3S3/c1-3-4-25-14-20-19-13(26-14)18-12(22)7-21(27(2,23)24)11-6-9(16)8(15)5-10(11)17/h3,5-6H,1,4,7H2,2H3,(H,18,19,22). The lowest BCUT2D eigenvalue weighted by Crippen LogP contribution is -2.37. The van der Waals surface area contributed by atoms with Crippen molar-refractivity contribution in [2.24, 2.45) is 0 Å². The van der Waals surface area contributed by atoms with E-state index < -0.39 is 22.5 Å². The van der Waals surface area contributed by atoms with Crippen molar-refractivity contribution in [3.8, 4) is 0 Å². The van der Waals surface area contributed by atoms with Gasteiger partial charge in [-0.1, -0.05) is 64.0 Å². The maximum atomic E-state index is 12.3. The summed E-state index contributed by atoms with van der Waals surface area (Å²) in [6.45, 7) is 3.09. The molecule has 1 N–H and O–H groups in total. The van der Waals surface area contributed by atoms with Crippen molar-refractivity contribution in [3.05, 3.63) is 39.9 Å². The maximum Gasteiger partial charge on any atom is 0.246 e. The number of anilines is 2. The largest absolute Gasteiger partial charge is 0.299 e. The van der Waals surface area contributed by atoms with Crippen LogP contribution in [0, 0.1) is 0 Å². The van der Waals surface area contributed by atoms with Crippen LogP contribution in [0.15, 0.2) is 29.1 Å². The fraction of sp³-hybridized carbons (Fsp3) is 0.214. The number of thioether (sulfide) groups is 1. The number of carbonyl (C=O) groups excluding carboxylic acids is 1. The van der Waals surface area contributed by atoms with E-state index in [0.717, 1.165) is 10.6 Å². The number of hydrogen-bond donors (Lipinski definition) is 1. The van der Waals surface area contributed by atoms with E-state index in [1.165, 1.54) is 35.2 Å². The Morgan fingerprint density at radius 2 is 1.96 bits per heavy atom. The van der Waals surface area contributed by atoms with E-state index in [4.69, 9.17) is 34.8 Å². The van der Waals surface area contributed by atoms with Gasteiger partial charge in [-0.25, -0.2) is 8.42 Å². The Kier molecular flexibility index (Phi) is 7.78. The monoisotopic (exact) mass is 486 g/mol. The summed E-state index contributed by atoms with van der Waals surface area (Å²) in [6.07, 6.45) is 2.67. The Labute approximate surface area is 179 Å². The van der Waals surface area contributed by atoms with Gasteiger partial charge in [-0.3, -0.25) is 14.4 Å². The molecule has 0 bridgehead atoms. The SMILES string of the molecule is C=CCSc1nnc(NC(=O)CN(c2cc(Cl)c(Cl)cc2Cl)S(C)(=O)=O)s1. The predicted molar refractivity (Wildman–Crippen MR) is 113 cm³/mol. The van der Waals surface area contributed by atoms with Gasteiger partial charge in [-0.15, -0.1) is 16.8 Å². The Morgan fingerprint density at radius 1 is 1.30 bits per heavy atom. The highest BCUT2D eigenvalue weighted by molar-refractivity contribution is 8.01. The van der Waals surface area contributed by atoms with Crippen LogP contribution in [0.2, 0.25) is 15.1 Å². The third kappa shape index (κ3) is 6.23. The normalized spacial score (nSPS) is 11.3. The van der Waals surface area contributed by atoms with Crippen LogP contribution in [0.1, 0.15) is 0 Å². The van der Waals surface area contributed by atoms with Crippen molar-refractivity contribution in [2.45, 2.75) is 4.34 Å². The van der Waals surface area contributed by atoms with E-state index in [-0.39, 0.29) is 25.9 Å². The molecule has 0 fully saturated rings. The quantitative estimate of drug-likeness (QED) is 0.260. The molecule has 0 unspecified atom stereocenters. The Balaban J connectivity index is 2.19. The van der Waals surface area contributed by atoms with Crippen LogP contribution in [-0.2, 0) is 14.8 Å². The third-order valence-corrected chi connectivity index (χ3v) is 7.04. The van der Waals surface area contributed by atoms with Gasteiger partial charge in [0.05, 0.1) is 27.0 Å². The molecule has 1 aromatic carbocycles. The van der Waals surface area contributed by atoms with Gasteiger partial charge in [0.25, 0.3) is 0 Å². The Morgan fingerprint density at radius 3 is 2.59 bits per heavy atom. The summed E-state index contributed by atoms with van der Waals surface area (Å²) in [4.78, 5) is 12.3. The van der Waals surface area contributed by atoms with Crippen molar-refractivity contribution in [1.82, 2.24) is 10.2 Å². The van der Waals surface area contributed by atoms with Gasteiger partial charge in [0.2, 0.25) is 21.1 Å². The highest BCUT2D eigenvalue weighted by Gasteiger charge is 2.24. The van der Waals surface area contributed by atoms with Crippen molar-refractivity contribution in [2.75, 3.05) is 28.2 Å². The smallest absolute Gasteiger partial charge is 0.246 e. The molecule has 2 rings (SSSR count). The molecule has 2 aromatic rings. The Hall–Kier alpha value is -1.04. The molecule has 0 spiro atoms. The van der Waals surface area contributed by atoms with Crippen LogP contribution in [0.3, 0.4) is 0 Å². The highest BCUT2D eigenvalue weighted by Crippen LogP contribution is 2.35. The number of hydrogen-bond acceptors (Lipinski definition) is 7. The Bertz CT molecular complexity index is 966. The number of rotatable bonds is 8. The minimum absolute atomic E-state index is 0.0432. The summed E-state index contributed by atoms with van der Waals surface area (Å²) < 4.78 is 25.8. The zero-order chi connectivity index (χ0) is 20.2. The first-order chi connectivity index (χ1) is 12.6. The molecule has 1 heterocycles. The lowest BCUT2D eigenvalue weighted by atomic mass is 10.3. The van der Waals surface area contributed by atoms with Gasteiger partial charge in [-0.2, -0.15) is 0 Å². The van der Waals surface area contributed by atoms with Crippen molar-refractivity contribution >= 4 is 84.7 Å². The van der Waals surface area contributed by atoms with E-state index in [9.17, 15) is 13.2 Å². The molecule has 27 heavy (non-hydrogen) atoms. The molecule has 0 radical (unpaired) electrons. The second-order valence-electron chi connectivity index (χ2n) is 5.01. The van der Waals surface area contributed by atoms with E-state index >= 15 is 0 Å². The molecule has 0 aliphatic rings. The second kappa shape index (κ2) is 9.44. The first-order valence-corrected chi connectivity index (χ1v) is 11.9. The minimum atomic E-state index is -3.83. The molecular weight excluding hydrogens is 475 g/mol.